The summed E-state index contributed by atoms with van der Waals surface area (Å²) >= 11 is 5.93. The molecule has 9 nitrogen and oxygen atoms in total. The Morgan fingerprint density at radius 1 is 1.24 bits per heavy atom. The molecule has 1 aromatic carbocycles. The molecule has 1 aromatic heterocycles. The number of fused-ring (bicyclic) bond motifs is 1. The number of halogens is 3. The van der Waals surface area contributed by atoms with Gasteiger partial charge in [0.15, 0.2) is 12.4 Å². The molecule has 0 spiro atoms. The molecule has 4 rings (SSSR count). The number of aromatic nitrogens is 1. The van der Waals surface area contributed by atoms with E-state index < -0.39 is 65.0 Å². The highest BCUT2D eigenvalue weighted by atomic mass is 35.5. The highest BCUT2D eigenvalue weighted by molar-refractivity contribution is 6.31. The predicted molar refractivity (Wildman–Crippen MR) is 135 cm³/mol. The normalized spacial score (nSPS) is 20.0. The van der Waals surface area contributed by atoms with Gasteiger partial charge < -0.3 is 20.7 Å². The lowest BCUT2D eigenvalue weighted by Gasteiger charge is -2.37. The summed E-state index contributed by atoms with van der Waals surface area (Å²) in [6, 6.07) is 3.68. The van der Waals surface area contributed by atoms with Crippen molar-refractivity contribution in [3.8, 4) is 0 Å². The van der Waals surface area contributed by atoms with Gasteiger partial charge in [-0.15, -0.1) is 0 Å². The van der Waals surface area contributed by atoms with Gasteiger partial charge in [-0.25, -0.2) is 14.2 Å². The van der Waals surface area contributed by atoms with E-state index in [0.29, 0.717) is 5.57 Å². The van der Waals surface area contributed by atoms with Gasteiger partial charge in [-0.3, -0.25) is 14.4 Å². The average molecular weight is 547 g/mol. The van der Waals surface area contributed by atoms with E-state index in [0.717, 1.165) is 6.07 Å². The van der Waals surface area contributed by atoms with Crippen molar-refractivity contribution in [3.63, 3.8) is 0 Å². The number of hydrogen-bond donors (Lipinski definition) is 2. The second-order valence-electron chi connectivity index (χ2n) is 9.92. The van der Waals surface area contributed by atoms with E-state index >= 15 is 0 Å². The summed E-state index contributed by atoms with van der Waals surface area (Å²) < 4.78 is 34.3. The van der Waals surface area contributed by atoms with Crippen LogP contribution in [0, 0.1) is 17.2 Å². The summed E-state index contributed by atoms with van der Waals surface area (Å²) in [5.41, 5.74) is 5.56. The molecule has 2 atom stereocenters. The van der Waals surface area contributed by atoms with Crippen molar-refractivity contribution in [1.82, 2.24) is 9.88 Å². The Labute approximate surface area is 222 Å². The van der Waals surface area contributed by atoms with Crippen LogP contribution in [0.1, 0.15) is 49.5 Å². The third-order valence-corrected chi connectivity index (χ3v) is 7.07. The summed E-state index contributed by atoms with van der Waals surface area (Å²) in [6.07, 6.45) is 1.68. The summed E-state index contributed by atoms with van der Waals surface area (Å²) in [5.74, 6) is -4.58. The van der Waals surface area contributed by atoms with E-state index in [1.807, 2.05) is 13.8 Å². The standard InChI is InChI=1S/C26H25ClF2N4O5/c1-12(34)31-20-7-4-14(24(29)32-20)18(35)11-38-25(37)17-10-26(2,3)19-8-13(9-21(36)33(17)19)22-16(30)6-5-15(27)23(22)28/h4-7,9,17,19H,8,10-11,30H2,1-3H3,(H,31,32,34)/t17-,19?/m0/s1. The third kappa shape index (κ3) is 5.10. The first-order valence-electron chi connectivity index (χ1n) is 11.7. The van der Waals surface area contributed by atoms with Crippen LogP contribution < -0.4 is 11.1 Å². The van der Waals surface area contributed by atoms with E-state index in [1.165, 1.54) is 36.1 Å². The molecule has 0 saturated carbocycles. The Balaban J connectivity index is 1.51. The molecule has 1 saturated heterocycles. The molecule has 2 aromatic rings. The molecular formula is C26H25ClF2N4O5. The molecule has 2 aliphatic rings. The lowest BCUT2D eigenvalue weighted by Crippen LogP contribution is -2.48. The van der Waals surface area contributed by atoms with Gasteiger partial charge in [-0.1, -0.05) is 25.4 Å². The van der Waals surface area contributed by atoms with E-state index in [4.69, 9.17) is 22.1 Å². The zero-order valence-corrected chi connectivity index (χ0v) is 21.6. The molecule has 2 amide bonds. The number of amides is 2. The number of nitrogen functional groups attached to an aromatic ring is 1. The molecule has 0 radical (unpaired) electrons. The van der Waals surface area contributed by atoms with Gasteiger partial charge in [0.2, 0.25) is 23.5 Å². The largest absolute Gasteiger partial charge is 0.456 e. The summed E-state index contributed by atoms with van der Waals surface area (Å²) in [5, 5.41) is 2.17. The SMILES string of the molecule is CC(=O)Nc1ccc(C(=O)COC(=O)[C@@H]2CC(C)(C)C3CC(c4c(N)ccc(Cl)c4F)=CC(=O)N32)c(F)n1. The predicted octanol–water partition coefficient (Wildman–Crippen LogP) is 3.76. The molecule has 0 bridgehead atoms. The Morgan fingerprint density at radius 3 is 2.61 bits per heavy atom. The summed E-state index contributed by atoms with van der Waals surface area (Å²) in [4.78, 5) is 54.6. The molecule has 1 fully saturated rings. The molecule has 200 valence electrons. The number of benzene rings is 1. The van der Waals surface area contributed by atoms with E-state index in [-0.39, 0.29) is 34.9 Å². The zero-order valence-electron chi connectivity index (χ0n) is 20.8. The topological polar surface area (TPSA) is 132 Å². The fourth-order valence-corrected chi connectivity index (χ4v) is 5.12. The van der Waals surface area contributed by atoms with Crippen molar-refractivity contribution in [3.05, 3.63) is 58.3 Å². The van der Waals surface area contributed by atoms with Crippen LogP contribution >= 0.6 is 11.6 Å². The van der Waals surface area contributed by atoms with Crippen molar-refractivity contribution < 1.29 is 32.7 Å². The van der Waals surface area contributed by atoms with Crippen molar-refractivity contribution in [2.75, 3.05) is 17.7 Å². The van der Waals surface area contributed by atoms with E-state index in [2.05, 4.69) is 10.3 Å². The Kier molecular flexibility index (Phi) is 7.24. The van der Waals surface area contributed by atoms with Crippen LogP contribution in [-0.4, -0.2) is 52.1 Å². The minimum Gasteiger partial charge on any atom is -0.456 e. The van der Waals surface area contributed by atoms with Gasteiger partial charge in [0.1, 0.15) is 11.9 Å². The number of Topliss-reactive ketones (excluding diaryl/α,β-unsaturated/α-hetero) is 1. The quantitative estimate of drug-likeness (QED) is 0.244. The minimum atomic E-state index is -1.13. The highest BCUT2D eigenvalue weighted by Gasteiger charge is 2.53. The number of ether oxygens (including phenoxy) is 1. The van der Waals surface area contributed by atoms with Crippen LogP contribution in [0.3, 0.4) is 0 Å². The minimum absolute atomic E-state index is 0.0538. The molecular weight excluding hydrogens is 522 g/mol. The van der Waals surface area contributed by atoms with Crippen LogP contribution in [0.4, 0.5) is 20.3 Å². The van der Waals surface area contributed by atoms with Crippen LogP contribution in [0.25, 0.3) is 5.57 Å². The first-order chi connectivity index (χ1) is 17.8. The number of hydrogen-bond acceptors (Lipinski definition) is 7. The molecule has 2 aliphatic heterocycles. The first kappa shape index (κ1) is 27.2. The highest BCUT2D eigenvalue weighted by Crippen LogP contribution is 2.48. The molecule has 0 aliphatic carbocycles. The second kappa shape index (κ2) is 10.1. The maximum absolute atomic E-state index is 14.8. The number of nitrogens with one attached hydrogen (secondary N) is 1. The lowest BCUT2D eigenvalue weighted by atomic mass is 9.78. The van der Waals surface area contributed by atoms with Gasteiger partial charge in [0, 0.05) is 30.3 Å². The van der Waals surface area contributed by atoms with Gasteiger partial charge in [-0.05, 0) is 48.1 Å². The molecule has 12 heteroatoms. The fourth-order valence-electron chi connectivity index (χ4n) is 4.97. The van der Waals surface area contributed by atoms with Crippen molar-refractivity contribution in [1.29, 1.82) is 0 Å². The van der Waals surface area contributed by atoms with E-state index in [9.17, 15) is 28.0 Å². The number of rotatable bonds is 6. The monoisotopic (exact) mass is 546 g/mol. The number of carbonyl (C=O) groups excluding carboxylic acids is 4. The van der Waals surface area contributed by atoms with Crippen LogP contribution in [0.2, 0.25) is 5.02 Å². The molecule has 1 unspecified atom stereocenters. The number of nitrogens with two attached hydrogens (primary N) is 1. The Hall–Kier alpha value is -3.86. The summed E-state index contributed by atoms with van der Waals surface area (Å²) in [6.45, 7) is 4.19. The Bertz CT molecular complexity index is 1390. The first-order valence-corrected chi connectivity index (χ1v) is 12.1. The molecule has 3 heterocycles. The van der Waals surface area contributed by atoms with Crippen molar-refractivity contribution in [2.24, 2.45) is 5.41 Å². The van der Waals surface area contributed by atoms with Gasteiger partial charge in [-0.2, -0.15) is 4.39 Å². The van der Waals surface area contributed by atoms with Crippen molar-refractivity contribution >= 4 is 52.2 Å². The third-order valence-electron chi connectivity index (χ3n) is 6.78. The smallest absolute Gasteiger partial charge is 0.329 e. The average Bonchev–Trinajstić information content (AvgIpc) is 3.11. The number of nitrogens with zero attached hydrogens (tertiary/aromatic N) is 2. The van der Waals surface area contributed by atoms with E-state index in [1.54, 1.807) is 0 Å². The Morgan fingerprint density at radius 2 is 1.95 bits per heavy atom. The zero-order chi connectivity index (χ0) is 27.9. The number of carbonyl (C=O) groups is 4. The van der Waals surface area contributed by atoms with Gasteiger partial charge in [0.05, 0.1) is 10.6 Å². The molecule has 3 N–H and O–H groups in total. The van der Waals surface area contributed by atoms with Crippen LogP contribution in [-0.2, 0) is 19.1 Å². The fraction of sp³-hybridized carbons (Fsp3) is 0.346. The van der Waals surface area contributed by atoms with Crippen LogP contribution in [0.5, 0.6) is 0 Å². The van der Waals surface area contributed by atoms with Crippen LogP contribution in [0.15, 0.2) is 30.3 Å². The second-order valence-corrected chi connectivity index (χ2v) is 10.3. The molecule has 38 heavy (non-hydrogen) atoms. The number of anilines is 2. The summed E-state index contributed by atoms with van der Waals surface area (Å²) in [7, 11) is 0. The number of pyridine rings is 1. The number of esters is 1. The van der Waals surface area contributed by atoms with Gasteiger partial charge >= 0.3 is 5.97 Å². The maximum atomic E-state index is 14.8. The van der Waals surface area contributed by atoms with Gasteiger partial charge in [0.25, 0.3) is 0 Å². The number of ketones is 1. The maximum Gasteiger partial charge on any atom is 0.329 e. The van der Waals surface area contributed by atoms with Crippen molar-refractivity contribution in [2.45, 2.75) is 45.7 Å². The lowest BCUT2D eigenvalue weighted by molar-refractivity contribution is -0.152.